The number of unbranched alkanes of at least 4 members (excludes halogenated alkanes) is 7. The quantitative estimate of drug-likeness (QED) is 0.382. The van der Waals surface area contributed by atoms with Crippen molar-refractivity contribution in [1.29, 1.82) is 0 Å². The van der Waals surface area contributed by atoms with Gasteiger partial charge in [-0.3, -0.25) is 0 Å². The zero-order valence-corrected chi connectivity index (χ0v) is 14.0. The molecule has 0 amide bonds. The van der Waals surface area contributed by atoms with E-state index in [4.69, 9.17) is 5.73 Å². The molecule has 0 aliphatic rings. The van der Waals surface area contributed by atoms with Crippen LogP contribution in [0.5, 0.6) is 0 Å². The second kappa shape index (κ2) is 14.4. The lowest BCUT2D eigenvalue weighted by atomic mass is 10.0. The lowest BCUT2D eigenvalue weighted by Gasteiger charge is -2.18. The molecular weight excluding hydrogens is 262 g/mol. The molecule has 0 aromatic heterocycles. The molecule has 0 saturated heterocycles. The summed E-state index contributed by atoms with van der Waals surface area (Å²) in [6.07, 6.45) is 10.4. The fourth-order valence-corrected chi connectivity index (χ4v) is 2.20. The van der Waals surface area contributed by atoms with Gasteiger partial charge in [-0.05, 0) is 26.2 Å². The van der Waals surface area contributed by atoms with Crippen LogP contribution in [0.2, 0.25) is 0 Å². The Morgan fingerprint density at radius 2 is 1.48 bits per heavy atom. The van der Waals surface area contributed by atoms with Gasteiger partial charge in [0, 0.05) is 25.3 Å². The van der Waals surface area contributed by atoms with Crippen LogP contribution < -0.4 is 5.73 Å². The third-order valence-electron chi connectivity index (χ3n) is 3.74. The number of aliphatic hydroxyl groups excluding tert-OH is 2. The minimum absolute atomic E-state index is 0.271. The van der Waals surface area contributed by atoms with E-state index in [9.17, 15) is 10.2 Å². The summed E-state index contributed by atoms with van der Waals surface area (Å²) in [7, 11) is 0. The second-order valence-corrected chi connectivity index (χ2v) is 6.08. The van der Waals surface area contributed by atoms with Crippen LogP contribution in [0.25, 0.3) is 0 Å². The topological polar surface area (TPSA) is 66.5 Å². The van der Waals surface area contributed by atoms with Crippen molar-refractivity contribution in [3.63, 3.8) is 0 Å². The summed E-state index contributed by atoms with van der Waals surface area (Å²) in [6, 6.07) is -0.271. The van der Waals surface area contributed by atoms with Crippen LogP contribution in [-0.2, 0) is 0 Å². The average Bonchev–Trinajstić information content (AvgIpc) is 2.44. The van der Waals surface area contributed by atoms with Gasteiger partial charge in [0.25, 0.3) is 0 Å². The summed E-state index contributed by atoms with van der Waals surface area (Å²) in [6.45, 7) is 3.98. The van der Waals surface area contributed by atoms with Crippen LogP contribution in [-0.4, -0.2) is 28.5 Å². The van der Waals surface area contributed by atoms with Crippen molar-refractivity contribution in [2.45, 2.75) is 103 Å². The van der Waals surface area contributed by atoms with E-state index in [1.807, 2.05) is 0 Å². The molecule has 0 bridgehead atoms. The molecule has 0 aliphatic heterocycles. The van der Waals surface area contributed by atoms with Crippen molar-refractivity contribution in [3.8, 4) is 11.8 Å². The highest BCUT2D eigenvalue weighted by molar-refractivity contribution is 4.98. The number of hydrogen-bond donors (Lipinski definition) is 3. The Morgan fingerprint density at radius 3 is 2.00 bits per heavy atom. The van der Waals surface area contributed by atoms with E-state index in [1.54, 1.807) is 6.92 Å². The first-order valence-electron chi connectivity index (χ1n) is 8.65. The highest BCUT2D eigenvalue weighted by atomic mass is 16.3. The Morgan fingerprint density at radius 1 is 0.905 bits per heavy atom. The standard InChI is InChI=1S/C18H35NO2/c1-3-4-5-6-7-8-9-10-11-12-13-14-17(20)15-18(21)16(2)19/h16-18,20-21H,3-7,10-15,19H2,1-2H3/t16-,17-,18-/m0/s1. The second-order valence-electron chi connectivity index (χ2n) is 6.08. The Hall–Kier alpha value is -0.560. The van der Waals surface area contributed by atoms with Crippen LogP contribution in [0.1, 0.15) is 84.5 Å². The third kappa shape index (κ3) is 14.2. The molecule has 0 aromatic rings. The lowest BCUT2D eigenvalue weighted by Crippen LogP contribution is -2.34. The molecule has 0 aromatic carbocycles. The summed E-state index contributed by atoms with van der Waals surface area (Å²) in [5.74, 6) is 6.46. The molecule has 124 valence electrons. The minimum Gasteiger partial charge on any atom is -0.393 e. The molecule has 0 radical (unpaired) electrons. The van der Waals surface area contributed by atoms with E-state index < -0.39 is 12.2 Å². The van der Waals surface area contributed by atoms with Crippen LogP contribution in [0.4, 0.5) is 0 Å². The normalized spacial score (nSPS) is 15.1. The summed E-state index contributed by atoms with van der Waals surface area (Å²) < 4.78 is 0. The summed E-state index contributed by atoms with van der Waals surface area (Å²) >= 11 is 0. The first-order valence-corrected chi connectivity index (χ1v) is 8.65. The average molecular weight is 297 g/mol. The SMILES string of the molecule is CCCCCCC#CCCCCC[C@H](O)C[C@H](O)[C@H](C)N. The van der Waals surface area contributed by atoms with Crippen molar-refractivity contribution in [2.24, 2.45) is 5.73 Å². The molecule has 0 heterocycles. The van der Waals surface area contributed by atoms with Crippen LogP contribution in [0.3, 0.4) is 0 Å². The molecule has 0 spiro atoms. The van der Waals surface area contributed by atoms with Gasteiger partial charge in [-0.1, -0.05) is 39.0 Å². The maximum atomic E-state index is 9.77. The number of aliphatic hydroxyl groups is 2. The van der Waals surface area contributed by atoms with Gasteiger partial charge < -0.3 is 15.9 Å². The molecule has 3 heteroatoms. The molecule has 0 aliphatic carbocycles. The molecular formula is C18H35NO2. The van der Waals surface area contributed by atoms with Crippen molar-refractivity contribution in [1.82, 2.24) is 0 Å². The van der Waals surface area contributed by atoms with Gasteiger partial charge in [-0.2, -0.15) is 0 Å². The fourth-order valence-electron chi connectivity index (χ4n) is 2.20. The molecule has 0 saturated carbocycles. The predicted molar refractivity (Wildman–Crippen MR) is 89.9 cm³/mol. The highest BCUT2D eigenvalue weighted by Crippen LogP contribution is 2.11. The zero-order valence-electron chi connectivity index (χ0n) is 14.0. The van der Waals surface area contributed by atoms with Gasteiger partial charge in [0.05, 0.1) is 12.2 Å². The van der Waals surface area contributed by atoms with Crippen molar-refractivity contribution >= 4 is 0 Å². The Kier molecular flexibility index (Phi) is 14.0. The van der Waals surface area contributed by atoms with E-state index in [0.717, 1.165) is 38.5 Å². The Balaban J connectivity index is 3.37. The highest BCUT2D eigenvalue weighted by Gasteiger charge is 2.14. The number of hydrogen-bond acceptors (Lipinski definition) is 3. The summed E-state index contributed by atoms with van der Waals surface area (Å²) in [4.78, 5) is 0. The van der Waals surface area contributed by atoms with Crippen molar-refractivity contribution in [3.05, 3.63) is 0 Å². The summed E-state index contributed by atoms with van der Waals surface area (Å²) in [5, 5.41) is 19.3. The molecule has 0 fully saturated rings. The first kappa shape index (κ1) is 20.4. The molecule has 0 unspecified atom stereocenters. The maximum Gasteiger partial charge on any atom is 0.0712 e. The van der Waals surface area contributed by atoms with Crippen LogP contribution in [0.15, 0.2) is 0 Å². The van der Waals surface area contributed by atoms with Crippen LogP contribution in [0, 0.1) is 11.8 Å². The maximum absolute atomic E-state index is 9.77. The van der Waals surface area contributed by atoms with Gasteiger partial charge in [-0.15, -0.1) is 11.8 Å². The minimum atomic E-state index is -0.599. The van der Waals surface area contributed by atoms with Crippen LogP contribution >= 0.6 is 0 Å². The van der Waals surface area contributed by atoms with E-state index in [2.05, 4.69) is 18.8 Å². The monoisotopic (exact) mass is 297 g/mol. The van der Waals surface area contributed by atoms with Crippen molar-refractivity contribution < 1.29 is 10.2 Å². The van der Waals surface area contributed by atoms with E-state index in [0.29, 0.717) is 6.42 Å². The molecule has 4 N–H and O–H groups in total. The van der Waals surface area contributed by atoms with E-state index >= 15 is 0 Å². The number of nitrogens with two attached hydrogens (primary N) is 1. The fraction of sp³-hybridized carbons (Fsp3) is 0.889. The lowest BCUT2D eigenvalue weighted by molar-refractivity contribution is 0.0630. The molecule has 3 nitrogen and oxygen atoms in total. The Labute approximate surface area is 131 Å². The summed E-state index contributed by atoms with van der Waals surface area (Å²) in [5.41, 5.74) is 5.57. The van der Waals surface area contributed by atoms with Crippen molar-refractivity contribution in [2.75, 3.05) is 0 Å². The van der Waals surface area contributed by atoms with Gasteiger partial charge in [0.15, 0.2) is 0 Å². The van der Waals surface area contributed by atoms with E-state index in [1.165, 1.54) is 25.7 Å². The zero-order chi connectivity index (χ0) is 15.9. The smallest absolute Gasteiger partial charge is 0.0712 e. The Bertz CT molecular complexity index is 281. The van der Waals surface area contributed by atoms with Gasteiger partial charge in [-0.25, -0.2) is 0 Å². The number of rotatable bonds is 12. The molecule has 3 atom stereocenters. The molecule has 21 heavy (non-hydrogen) atoms. The van der Waals surface area contributed by atoms with Gasteiger partial charge in [0.1, 0.15) is 0 Å². The van der Waals surface area contributed by atoms with E-state index in [-0.39, 0.29) is 6.04 Å². The van der Waals surface area contributed by atoms with Gasteiger partial charge in [0.2, 0.25) is 0 Å². The largest absolute Gasteiger partial charge is 0.393 e. The molecule has 0 rings (SSSR count). The predicted octanol–water partition coefficient (Wildman–Crippen LogP) is 3.37. The van der Waals surface area contributed by atoms with Gasteiger partial charge >= 0.3 is 0 Å². The third-order valence-corrected chi connectivity index (χ3v) is 3.74. The first-order chi connectivity index (χ1) is 10.1.